The number of amides is 3. The lowest BCUT2D eigenvalue weighted by atomic mass is 10.0. The summed E-state index contributed by atoms with van der Waals surface area (Å²) < 4.78 is 1.76. The number of carbonyl (C=O) groups is 3. The molecule has 1 aliphatic rings. The molecule has 3 aromatic carbocycles. The minimum Gasteiger partial charge on any atom is -0.343 e. The normalized spacial score (nSPS) is 14.8. The molecule has 4 N–H and O–H groups in total. The number of hydrogen-bond acceptors (Lipinski definition) is 5. The minimum absolute atomic E-state index is 0.000660. The second kappa shape index (κ2) is 13.2. The van der Waals surface area contributed by atoms with Crippen LogP contribution < -0.4 is 16.4 Å². The Morgan fingerprint density at radius 2 is 1.65 bits per heavy atom. The maximum absolute atomic E-state index is 13.8. The highest BCUT2D eigenvalue weighted by Gasteiger charge is 2.31. The van der Waals surface area contributed by atoms with Gasteiger partial charge in [0.15, 0.2) is 5.82 Å². The van der Waals surface area contributed by atoms with Gasteiger partial charge < -0.3 is 25.8 Å². The Balaban J connectivity index is 1.35. The maximum Gasteiger partial charge on any atom is 0.250 e. The number of aromatic nitrogens is 2. The highest BCUT2D eigenvalue weighted by Crippen LogP contribution is 2.27. The van der Waals surface area contributed by atoms with Gasteiger partial charge in [0.2, 0.25) is 17.7 Å². The summed E-state index contributed by atoms with van der Waals surface area (Å²) in [5.41, 5.74) is 6.88. The van der Waals surface area contributed by atoms with Gasteiger partial charge in [-0.15, -0.1) is 0 Å². The van der Waals surface area contributed by atoms with Crippen molar-refractivity contribution < 1.29 is 14.4 Å². The summed E-state index contributed by atoms with van der Waals surface area (Å²) in [5, 5.41) is 7.82. The van der Waals surface area contributed by atoms with E-state index in [0.29, 0.717) is 18.7 Å². The molecule has 1 saturated heterocycles. The quantitative estimate of drug-likeness (QED) is 0.242. The zero-order valence-corrected chi connectivity index (χ0v) is 24.8. The molecule has 9 nitrogen and oxygen atoms in total. The minimum atomic E-state index is -1.14. The molecule has 0 aliphatic carbocycles. The molecule has 1 unspecified atom stereocenters. The van der Waals surface area contributed by atoms with Crippen molar-refractivity contribution in [2.45, 2.75) is 63.6 Å². The lowest BCUT2D eigenvalue weighted by molar-refractivity contribution is -0.132. The van der Waals surface area contributed by atoms with Gasteiger partial charge >= 0.3 is 0 Å². The smallest absolute Gasteiger partial charge is 0.250 e. The molecule has 3 amide bonds. The summed E-state index contributed by atoms with van der Waals surface area (Å²) in [6.07, 6.45) is 7.12. The molecule has 1 aromatic heterocycles. The molecule has 1 aliphatic heterocycles. The van der Waals surface area contributed by atoms with Crippen LogP contribution in [-0.4, -0.2) is 56.8 Å². The Bertz CT molecular complexity index is 1570. The number of carbonyl (C=O) groups excluding carboxylic acids is 3. The summed E-state index contributed by atoms with van der Waals surface area (Å²) in [6, 6.07) is 22.7. The summed E-state index contributed by atoms with van der Waals surface area (Å²) in [5.74, 6) is -0.492. The third-order valence-corrected chi connectivity index (χ3v) is 7.90. The fourth-order valence-corrected chi connectivity index (χ4v) is 5.45. The number of fused-ring (bicyclic) bond motifs is 1. The monoisotopic (exact) mass is 580 g/mol. The summed E-state index contributed by atoms with van der Waals surface area (Å²) >= 11 is 0. The highest BCUT2D eigenvalue weighted by atomic mass is 16.2. The first-order chi connectivity index (χ1) is 20.7. The lowest BCUT2D eigenvalue weighted by Gasteiger charge is -2.25. The van der Waals surface area contributed by atoms with Crippen molar-refractivity contribution in [2.24, 2.45) is 5.73 Å². The van der Waals surface area contributed by atoms with Gasteiger partial charge in [0.05, 0.1) is 11.9 Å². The molecule has 224 valence electrons. The Kier molecular flexibility index (Phi) is 9.21. The van der Waals surface area contributed by atoms with E-state index in [1.54, 1.807) is 30.9 Å². The van der Waals surface area contributed by atoms with Gasteiger partial charge in [-0.3, -0.25) is 14.4 Å². The van der Waals surface area contributed by atoms with E-state index in [0.717, 1.165) is 54.3 Å². The molecule has 2 heterocycles. The number of nitrogens with one attached hydrogen (secondary N) is 2. The van der Waals surface area contributed by atoms with Crippen LogP contribution in [0.2, 0.25) is 0 Å². The largest absolute Gasteiger partial charge is 0.343 e. The molecule has 0 radical (unpaired) electrons. The van der Waals surface area contributed by atoms with E-state index in [1.165, 1.54) is 0 Å². The van der Waals surface area contributed by atoms with Crippen molar-refractivity contribution >= 4 is 34.3 Å². The summed E-state index contributed by atoms with van der Waals surface area (Å²) in [6.45, 7) is 4.66. The molecule has 2 atom stereocenters. The molecular weight excluding hydrogens is 540 g/mol. The Morgan fingerprint density at radius 1 is 0.953 bits per heavy atom. The van der Waals surface area contributed by atoms with Crippen molar-refractivity contribution in [3.05, 3.63) is 96.4 Å². The topological polar surface area (TPSA) is 122 Å². The van der Waals surface area contributed by atoms with Crippen LogP contribution in [0.25, 0.3) is 10.8 Å². The van der Waals surface area contributed by atoms with Crippen molar-refractivity contribution in [3.8, 4) is 0 Å². The number of anilines is 1. The predicted octanol–water partition coefficient (Wildman–Crippen LogP) is 4.43. The third kappa shape index (κ3) is 7.48. The molecular formula is C34H40N6O3. The summed E-state index contributed by atoms with van der Waals surface area (Å²) in [4.78, 5) is 46.3. The van der Waals surface area contributed by atoms with Crippen molar-refractivity contribution in [2.75, 3.05) is 18.4 Å². The number of nitrogens with zero attached hydrogens (tertiary/aromatic N) is 3. The number of benzene rings is 3. The van der Waals surface area contributed by atoms with Crippen molar-refractivity contribution in [1.29, 1.82) is 0 Å². The van der Waals surface area contributed by atoms with Crippen LogP contribution >= 0.6 is 0 Å². The molecule has 43 heavy (non-hydrogen) atoms. The molecule has 0 bridgehead atoms. The van der Waals surface area contributed by atoms with E-state index in [-0.39, 0.29) is 11.8 Å². The van der Waals surface area contributed by atoms with Crippen LogP contribution in [0, 0.1) is 0 Å². The van der Waals surface area contributed by atoms with E-state index in [2.05, 4.69) is 15.6 Å². The molecule has 5 rings (SSSR count). The molecule has 1 fully saturated rings. The van der Waals surface area contributed by atoms with Crippen LogP contribution in [0.15, 0.2) is 85.3 Å². The van der Waals surface area contributed by atoms with Crippen LogP contribution in [0.4, 0.5) is 5.82 Å². The number of rotatable bonds is 11. The lowest BCUT2D eigenvalue weighted by Crippen LogP contribution is -2.54. The van der Waals surface area contributed by atoms with Crippen LogP contribution in [0.5, 0.6) is 0 Å². The van der Waals surface area contributed by atoms with Gasteiger partial charge in [0, 0.05) is 19.3 Å². The van der Waals surface area contributed by atoms with Gasteiger partial charge in [0.1, 0.15) is 12.1 Å². The molecule has 0 spiro atoms. The van der Waals surface area contributed by atoms with Crippen LogP contribution in [0.3, 0.4) is 0 Å². The second-order valence-corrected chi connectivity index (χ2v) is 11.9. The van der Waals surface area contributed by atoms with E-state index in [9.17, 15) is 14.4 Å². The molecule has 4 aromatic rings. The van der Waals surface area contributed by atoms with Crippen molar-refractivity contribution in [1.82, 2.24) is 19.8 Å². The predicted molar refractivity (Wildman–Crippen MR) is 168 cm³/mol. The highest BCUT2D eigenvalue weighted by molar-refractivity contribution is 5.98. The Morgan fingerprint density at radius 3 is 2.37 bits per heavy atom. The van der Waals surface area contributed by atoms with E-state index >= 15 is 0 Å². The van der Waals surface area contributed by atoms with Crippen LogP contribution in [-0.2, 0) is 20.8 Å². The first-order valence-electron chi connectivity index (χ1n) is 14.9. The number of likely N-dealkylation sites (tertiary alicyclic amines) is 1. The van der Waals surface area contributed by atoms with E-state index < -0.39 is 23.5 Å². The second-order valence-electron chi connectivity index (χ2n) is 11.9. The standard InChI is InChI=1S/C34H40N6O3/c1-34(2,35)33(43)37-28(16-10-13-24-11-4-3-5-12-24)31(41)38-29-22-40(23-36-29)30(32(42)39-19-8-9-20-39)27-18-17-25-14-6-7-15-26(25)21-27/h3-7,11-12,14-15,17-18,21-23,28,30H,8-10,13,16,19-20,35H2,1-2H3,(H,37,43)(H,38,41)/t28-,30?/m1/s1. The number of hydrogen-bond donors (Lipinski definition) is 3. The third-order valence-electron chi connectivity index (χ3n) is 7.90. The zero-order valence-electron chi connectivity index (χ0n) is 24.8. The fourth-order valence-electron chi connectivity index (χ4n) is 5.45. The first-order valence-corrected chi connectivity index (χ1v) is 14.9. The Labute approximate surface area is 252 Å². The average Bonchev–Trinajstić information content (AvgIpc) is 3.70. The van der Waals surface area contributed by atoms with Gasteiger partial charge in [-0.25, -0.2) is 4.98 Å². The first kappa shape index (κ1) is 30.0. The Hall–Kier alpha value is -4.50. The SMILES string of the molecule is CC(C)(N)C(=O)N[C@H](CCCc1ccccc1)C(=O)Nc1cn(C(C(=O)N2CCCC2)c2ccc3ccccc3c2)cn1. The summed E-state index contributed by atoms with van der Waals surface area (Å²) in [7, 11) is 0. The molecule has 9 heteroatoms. The number of imidazole rings is 1. The van der Waals surface area contributed by atoms with E-state index in [4.69, 9.17) is 5.73 Å². The van der Waals surface area contributed by atoms with Gasteiger partial charge in [-0.05, 0) is 73.9 Å². The molecule has 0 saturated carbocycles. The average molecular weight is 581 g/mol. The van der Waals surface area contributed by atoms with E-state index in [1.807, 2.05) is 77.7 Å². The maximum atomic E-state index is 13.8. The zero-order chi connectivity index (χ0) is 30.4. The van der Waals surface area contributed by atoms with Gasteiger partial charge in [-0.2, -0.15) is 0 Å². The van der Waals surface area contributed by atoms with Crippen LogP contribution in [0.1, 0.15) is 56.7 Å². The number of aryl methyl sites for hydroxylation is 1. The van der Waals surface area contributed by atoms with Gasteiger partial charge in [0.25, 0.3) is 0 Å². The van der Waals surface area contributed by atoms with Crippen molar-refractivity contribution in [3.63, 3.8) is 0 Å². The number of nitrogens with two attached hydrogens (primary N) is 1. The van der Waals surface area contributed by atoms with Gasteiger partial charge in [-0.1, -0.05) is 66.7 Å². The fraction of sp³-hybridized carbons (Fsp3) is 0.353.